The smallest absolute Gasteiger partial charge is 0.223 e. The molecular formula is C11H25N3O. The number of rotatable bonds is 6. The van der Waals surface area contributed by atoms with Crippen LogP contribution in [-0.4, -0.2) is 50.1 Å². The number of likely N-dealkylation sites (N-methyl/N-ethyl adjacent to an activating group) is 2. The highest BCUT2D eigenvalue weighted by Gasteiger charge is 2.11. The summed E-state index contributed by atoms with van der Waals surface area (Å²) in [5.74, 6) is 0.196. The quantitative estimate of drug-likeness (QED) is 0.676. The lowest BCUT2D eigenvalue weighted by Gasteiger charge is -2.22. The van der Waals surface area contributed by atoms with Gasteiger partial charge in [0.05, 0.1) is 0 Å². The second-order valence-corrected chi connectivity index (χ2v) is 4.85. The van der Waals surface area contributed by atoms with Gasteiger partial charge in [0.1, 0.15) is 0 Å². The number of hydrogen-bond donors (Lipinski definition) is 2. The van der Waals surface area contributed by atoms with E-state index in [0.717, 1.165) is 19.6 Å². The second kappa shape index (κ2) is 6.80. The van der Waals surface area contributed by atoms with Crippen molar-refractivity contribution in [1.29, 1.82) is 0 Å². The molecule has 0 fully saturated rings. The number of carbonyl (C=O) groups excluding carboxylic acids is 1. The average Bonchev–Trinajstić information content (AvgIpc) is 2.11. The van der Waals surface area contributed by atoms with Gasteiger partial charge in [-0.2, -0.15) is 0 Å². The molecule has 0 bridgehead atoms. The topological polar surface area (TPSA) is 44.4 Å². The molecule has 0 atom stereocenters. The molecule has 0 aliphatic heterocycles. The Balaban J connectivity index is 3.64. The van der Waals surface area contributed by atoms with Gasteiger partial charge in [0.25, 0.3) is 0 Å². The zero-order chi connectivity index (χ0) is 11.9. The molecule has 2 N–H and O–H groups in total. The van der Waals surface area contributed by atoms with Crippen molar-refractivity contribution in [3.05, 3.63) is 0 Å². The van der Waals surface area contributed by atoms with E-state index in [4.69, 9.17) is 0 Å². The molecule has 0 aromatic rings. The van der Waals surface area contributed by atoms with Gasteiger partial charge in [-0.1, -0.05) is 0 Å². The first-order chi connectivity index (χ1) is 6.87. The number of hydrogen-bond acceptors (Lipinski definition) is 3. The minimum absolute atomic E-state index is 0.0871. The first-order valence-corrected chi connectivity index (χ1v) is 5.50. The molecule has 0 saturated carbocycles. The van der Waals surface area contributed by atoms with Crippen LogP contribution in [-0.2, 0) is 4.79 Å². The molecule has 0 rings (SSSR count). The Bertz CT molecular complexity index is 187. The van der Waals surface area contributed by atoms with Crippen molar-refractivity contribution >= 4 is 5.91 Å². The van der Waals surface area contributed by atoms with Gasteiger partial charge < -0.3 is 15.5 Å². The Labute approximate surface area is 93.4 Å². The number of carbonyl (C=O) groups is 1. The second-order valence-electron chi connectivity index (χ2n) is 4.85. The fraction of sp³-hybridized carbons (Fsp3) is 0.909. The van der Waals surface area contributed by atoms with Crippen molar-refractivity contribution in [2.24, 2.45) is 0 Å². The molecule has 0 aliphatic carbocycles. The van der Waals surface area contributed by atoms with Crippen LogP contribution in [0.1, 0.15) is 27.2 Å². The molecule has 0 aliphatic rings. The van der Waals surface area contributed by atoms with Crippen LogP contribution in [0.5, 0.6) is 0 Å². The van der Waals surface area contributed by atoms with Crippen molar-refractivity contribution in [2.75, 3.05) is 33.7 Å². The molecule has 4 heteroatoms. The van der Waals surface area contributed by atoms with Gasteiger partial charge in [-0.15, -0.1) is 0 Å². The maximum atomic E-state index is 11.6. The largest absolute Gasteiger partial charge is 0.344 e. The lowest BCUT2D eigenvalue weighted by Crippen LogP contribution is -2.39. The highest BCUT2D eigenvalue weighted by atomic mass is 16.2. The summed E-state index contributed by atoms with van der Waals surface area (Å²) in [5.41, 5.74) is 0.0871. The molecule has 0 unspecified atom stereocenters. The van der Waals surface area contributed by atoms with Crippen molar-refractivity contribution in [1.82, 2.24) is 15.5 Å². The third kappa shape index (κ3) is 8.39. The molecule has 0 aromatic heterocycles. The normalized spacial score (nSPS) is 11.5. The van der Waals surface area contributed by atoms with Gasteiger partial charge >= 0.3 is 0 Å². The molecular weight excluding hydrogens is 190 g/mol. The van der Waals surface area contributed by atoms with Gasteiger partial charge in [-0.25, -0.2) is 0 Å². The van der Waals surface area contributed by atoms with E-state index in [-0.39, 0.29) is 11.4 Å². The van der Waals surface area contributed by atoms with Crippen LogP contribution < -0.4 is 10.6 Å². The monoisotopic (exact) mass is 215 g/mol. The molecule has 1 amide bonds. The Morgan fingerprint density at radius 2 is 1.87 bits per heavy atom. The third-order valence-corrected chi connectivity index (χ3v) is 2.12. The summed E-state index contributed by atoms with van der Waals surface area (Å²) in [6.45, 7) is 8.65. The standard InChI is InChI=1S/C11H25N3O/c1-11(2,3)13-7-6-10(15)14(5)9-8-12-4/h12-13H,6-9H2,1-5H3. The van der Waals surface area contributed by atoms with Gasteiger partial charge in [0.2, 0.25) is 5.91 Å². The van der Waals surface area contributed by atoms with E-state index in [0.29, 0.717) is 6.42 Å². The first-order valence-electron chi connectivity index (χ1n) is 5.50. The van der Waals surface area contributed by atoms with Crippen LogP contribution in [0.4, 0.5) is 0 Å². The Hall–Kier alpha value is -0.610. The predicted octanol–water partition coefficient (Wildman–Crippen LogP) is 0.442. The van der Waals surface area contributed by atoms with E-state index in [2.05, 4.69) is 31.4 Å². The lowest BCUT2D eigenvalue weighted by atomic mass is 10.1. The summed E-state index contributed by atoms with van der Waals surface area (Å²) < 4.78 is 0. The van der Waals surface area contributed by atoms with Crippen molar-refractivity contribution in [3.8, 4) is 0 Å². The Kier molecular flexibility index (Phi) is 6.52. The number of nitrogens with one attached hydrogen (secondary N) is 2. The lowest BCUT2D eigenvalue weighted by molar-refractivity contribution is -0.129. The van der Waals surface area contributed by atoms with Gasteiger partial charge in [-0.3, -0.25) is 4.79 Å². The van der Waals surface area contributed by atoms with Crippen molar-refractivity contribution in [2.45, 2.75) is 32.7 Å². The van der Waals surface area contributed by atoms with Crippen LogP contribution in [0, 0.1) is 0 Å². The fourth-order valence-corrected chi connectivity index (χ4v) is 1.14. The minimum atomic E-state index is 0.0871. The summed E-state index contributed by atoms with van der Waals surface area (Å²) in [6.07, 6.45) is 0.567. The summed E-state index contributed by atoms with van der Waals surface area (Å²) in [4.78, 5) is 13.4. The molecule has 15 heavy (non-hydrogen) atoms. The molecule has 0 saturated heterocycles. The minimum Gasteiger partial charge on any atom is -0.344 e. The average molecular weight is 215 g/mol. The number of nitrogens with zero attached hydrogens (tertiary/aromatic N) is 1. The number of amides is 1. The zero-order valence-electron chi connectivity index (χ0n) is 10.7. The maximum absolute atomic E-state index is 11.6. The Morgan fingerprint density at radius 1 is 1.27 bits per heavy atom. The maximum Gasteiger partial charge on any atom is 0.223 e. The zero-order valence-corrected chi connectivity index (χ0v) is 10.7. The highest BCUT2D eigenvalue weighted by molar-refractivity contribution is 5.76. The summed E-state index contributed by atoms with van der Waals surface area (Å²) in [6, 6.07) is 0. The molecule has 0 radical (unpaired) electrons. The highest BCUT2D eigenvalue weighted by Crippen LogP contribution is 1.98. The van der Waals surface area contributed by atoms with Crippen LogP contribution >= 0.6 is 0 Å². The third-order valence-electron chi connectivity index (χ3n) is 2.12. The van der Waals surface area contributed by atoms with Gasteiger partial charge in [0.15, 0.2) is 0 Å². The van der Waals surface area contributed by atoms with E-state index in [1.54, 1.807) is 4.90 Å². The van der Waals surface area contributed by atoms with Gasteiger partial charge in [0, 0.05) is 38.6 Å². The van der Waals surface area contributed by atoms with Gasteiger partial charge in [-0.05, 0) is 27.8 Å². The van der Waals surface area contributed by atoms with Crippen LogP contribution in [0.15, 0.2) is 0 Å². The molecule has 4 nitrogen and oxygen atoms in total. The molecule has 90 valence electrons. The Morgan fingerprint density at radius 3 is 2.33 bits per heavy atom. The molecule has 0 heterocycles. The van der Waals surface area contributed by atoms with E-state index < -0.39 is 0 Å². The summed E-state index contributed by atoms with van der Waals surface area (Å²) in [5, 5.41) is 6.32. The summed E-state index contributed by atoms with van der Waals surface area (Å²) >= 11 is 0. The molecule has 0 aromatic carbocycles. The van der Waals surface area contributed by atoms with Crippen molar-refractivity contribution in [3.63, 3.8) is 0 Å². The molecule has 0 spiro atoms. The van der Waals surface area contributed by atoms with Crippen LogP contribution in [0.25, 0.3) is 0 Å². The van der Waals surface area contributed by atoms with E-state index in [1.165, 1.54) is 0 Å². The van der Waals surface area contributed by atoms with Crippen molar-refractivity contribution < 1.29 is 4.79 Å². The summed E-state index contributed by atoms with van der Waals surface area (Å²) in [7, 11) is 3.73. The first kappa shape index (κ1) is 14.4. The van der Waals surface area contributed by atoms with Crippen LogP contribution in [0.3, 0.4) is 0 Å². The van der Waals surface area contributed by atoms with E-state index >= 15 is 0 Å². The van der Waals surface area contributed by atoms with E-state index in [1.807, 2.05) is 14.1 Å². The predicted molar refractivity (Wildman–Crippen MR) is 63.9 cm³/mol. The van der Waals surface area contributed by atoms with Crippen LogP contribution in [0.2, 0.25) is 0 Å². The van der Waals surface area contributed by atoms with E-state index in [9.17, 15) is 4.79 Å². The fourth-order valence-electron chi connectivity index (χ4n) is 1.14. The SMILES string of the molecule is CNCCN(C)C(=O)CCNC(C)(C)C.